The largest absolute Gasteiger partial charge is 0.497 e. The lowest BCUT2D eigenvalue weighted by molar-refractivity contribution is 0.415. The van der Waals surface area contributed by atoms with Gasteiger partial charge in [-0.2, -0.15) is 10.1 Å². The molecule has 0 aliphatic carbocycles. The van der Waals surface area contributed by atoms with Gasteiger partial charge in [0.15, 0.2) is 5.82 Å². The van der Waals surface area contributed by atoms with Crippen molar-refractivity contribution in [2.24, 2.45) is 0 Å². The zero-order chi connectivity index (χ0) is 19.1. The second kappa shape index (κ2) is 8.84. The van der Waals surface area contributed by atoms with E-state index in [9.17, 15) is 0 Å². The van der Waals surface area contributed by atoms with E-state index in [0.717, 1.165) is 30.2 Å². The number of ether oxygens (including phenoxy) is 1. The zero-order valence-corrected chi connectivity index (χ0v) is 15.8. The van der Waals surface area contributed by atoms with E-state index < -0.39 is 0 Å². The first kappa shape index (κ1) is 18.4. The highest BCUT2D eigenvalue weighted by molar-refractivity contribution is 5.62. The maximum atomic E-state index is 5.16. The standard InChI is InChI=1S/C20H24N6O/c1-4-26(5-2)17-10-6-15(7-11-17)22-19-14-21-25-20(24-19)23-16-8-12-18(27-3)13-9-16/h6-14H,4-5H2,1-3H3,(H2,22,23,24,25). The van der Waals surface area contributed by atoms with E-state index in [0.29, 0.717) is 11.8 Å². The molecule has 0 saturated heterocycles. The number of anilines is 5. The van der Waals surface area contributed by atoms with Crippen LogP contribution in [0.25, 0.3) is 0 Å². The maximum Gasteiger partial charge on any atom is 0.249 e. The third-order valence-corrected chi connectivity index (χ3v) is 4.17. The van der Waals surface area contributed by atoms with Crippen molar-refractivity contribution in [1.82, 2.24) is 15.2 Å². The van der Waals surface area contributed by atoms with Crippen LogP contribution >= 0.6 is 0 Å². The Bertz CT molecular complexity index is 847. The Kier molecular flexibility index (Phi) is 6.04. The van der Waals surface area contributed by atoms with Crippen LogP contribution in [0.4, 0.5) is 28.8 Å². The van der Waals surface area contributed by atoms with Crippen molar-refractivity contribution in [1.29, 1.82) is 0 Å². The molecule has 0 fully saturated rings. The number of hydrogen-bond donors (Lipinski definition) is 2. The molecule has 3 rings (SSSR count). The van der Waals surface area contributed by atoms with Crippen LogP contribution in [0.2, 0.25) is 0 Å². The van der Waals surface area contributed by atoms with Gasteiger partial charge < -0.3 is 20.3 Å². The fourth-order valence-corrected chi connectivity index (χ4v) is 2.71. The quantitative estimate of drug-likeness (QED) is 0.620. The topological polar surface area (TPSA) is 75.2 Å². The van der Waals surface area contributed by atoms with Crippen LogP contribution in [0, 0.1) is 0 Å². The Hall–Kier alpha value is -3.35. The predicted octanol–water partition coefficient (Wildman–Crippen LogP) is 4.21. The number of methoxy groups -OCH3 is 1. The van der Waals surface area contributed by atoms with E-state index in [-0.39, 0.29) is 0 Å². The summed E-state index contributed by atoms with van der Waals surface area (Å²) in [6, 6.07) is 15.8. The number of nitrogens with zero attached hydrogens (tertiary/aromatic N) is 4. The lowest BCUT2D eigenvalue weighted by Crippen LogP contribution is -2.21. The Balaban J connectivity index is 1.68. The van der Waals surface area contributed by atoms with Crippen LogP contribution in [0.15, 0.2) is 54.7 Å². The van der Waals surface area contributed by atoms with Crippen LogP contribution in [-0.4, -0.2) is 35.4 Å². The molecular weight excluding hydrogens is 340 g/mol. The number of rotatable bonds is 8. The highest BCUT2D eigenvalue weighted by Gasteiger charge is 2.04. The number of hydrogen-bond acceptors (Lipinski definition) is 7. The van der Waals surface area contributed by atoms with E-state index in [2.05, 4.69) is 56.7 Å². The van der Waals surface area contributed by atoms with E-state index >= 15 is 0 Å². The summed E-state index contributed by atoms with van der Waals surface area (Å²) >= 11 is 0. The molecule has 7 nitrogen and oxygen atoms in total. The van der Waals surface area contributed by atoms with Gasteiger partial charge in [-0.15, -0.1) is 5.10 Å². The minimum absolute atomic E-state index is 0.421. The monoisotopic (exact) mass is 364 g/mol. The predicted molar refractivity (Wildman–Crippen MR) is 109 cm³/mol. The average molecular weight is 364 g/mol. The van der Waals surface area contributed by atoms with Crippen LogP contribution in [-0.2, 0) is 0 Å². The molecule has 0 saturated carbocycles. The highest BCUT2D eigenvalue weighted by atomic mass is 16.5. The zero-order valence-electron chi connectivity index (χ0n) is 15.8. The Labute approximate surface area is 159 Å². The normalized spacial score (nSPS) is 10.3. The van der Waals surface area contributed by atoms with Crippen LogP contribution in [0.1, 0.15) is 13.8 Å². The summed E-state index contributed by atoms with van der Waals surface area (Å²) in [7, 11) is 1.64. The molecule has 0 amide bonds. The average Bonchev–Trinajstić information content (AvgIpc) is 2.71. The third kappa shape index (κ3) is 4.84. The molecule has 7 heteroatoms. The molecule has 0 aliphatic heterocycles. The number of benzene rings is 2. The van der Waals surface area contributed by atoms with Crippen LogP contribution in [0.3, 0.4) is 0 Å². The molecule has 1 heterocycles. The van der Waals surface area contributed by atoms with Crippen molar-refractivity contribution < 1.29 is 4.74 Å². The summed E-state index contributed by atoms with van der Waals surface area (Å²) in [5.74, 6) is 1.84. The summed E-state index contributed by atoms with van der Waals surface area (Å²) < 4.78 is 5.16. The van der Waals surface area contributed by atoms with Gasteiger partial charge in [0.1, 0.15) is 5.75 Å². The first-order valence-corrected chi connectivity index (χ1v) is 8.94. The molecular formula is C20H24N6O. The SMILES string of the molecule is CCN(CC)c1ccc(Nc2cnnc(Nc3ccc(OC)cc3)n2)cc1. The van der Waals surface area contributed by atoms with E-state index in [1.807, 2.05) is 36.4 Å². The van der Waals surface area contributed by atoms with Crippen molar-refractivity contribution in [3.05, 3.63) is 54.7 Å². The Morgan fingerprint density at radius 2 is 1.52 bits per heavy atom. The van der Waals surface area contributed by atoms with E-state index in [1.165, 1.54) is 5.69 Å². The summed E-state index contributed by atoms with van der Waals surface area (Å²) in [5.41, 5.74) is 3.01. The Morgan fingerprint density at radius 3 is 2.15 bits per heavy atom. The fraction of sp³-hybridized carbons (Fsp3) is 0.250. The third-order valence-electron chi connectivity index (χ3n) is 4.17. The van der Waals surface area contributed by atoms with Gasteiger partial charge in [-0.1, -0.05) is 0 Å². The molecule has 0 atom stereocenters. The second-order valence-electron chi connectivity index (χ2n) is 5.86. The van der Waals surface area contributed by atoms with Crippen molar-refractivity contribution in [3.8, 4) is 5.75 Å². The van der Waals surface area contributed by atoms with Gasteiger partial charge in [-0.3, -0.25) is 0 Å². The molecule has 2 N–H and O–H groups in total. The number of nitrogens with one attached hydrogen (secondary N) is 2. The minimum atomic E-state index is 0.421. The molecule has 3 aromatic rings. The molecule has 0 bridgehead atoms. The van der Waals surface area contributed by atoms with E-state index in [1.54, 1.807) is 13.3 Å². The molecule has 2 aromatic carbocycles. The van der Waals surface area contributed by atoms with E-state index in [4.69, 9.17) is 4.74 Å². The minimum Gasteiger partial charge on any atom is -0.497 e. The molecule has 0 unspecified atom stereocenters. The van der Waals surface area contributed by atoms with Gasteiger partial charge in [0, 0.05) is 30.2 Å². The van der Waals surface area contributed by atoms with Crippen LogP contribution < -0.4 is 20.3 Å². The lowest BCUT2D eigenvalue weighted by atomic mass is 10.2. The van der Waals surface area contributed by atoms with Gasteiger partial charge in [0.25, 0.3) is 0 Å². The van der Waals surface area contributed by atoms with Crippen molar-refractivity contribution in [3.63, 3.8) is 0 Å². The summed E-state index contributed by atoms with van der Waals surface area (Å²) in [6.45, 7) is 6.28. The Morgan fingerprint density at radius 1 is 0.889 bits per heavy atom. The molecule has 1 aromatic heterocycles. The molecule has 0 aliphatic rings. The molecule has 27 heavy (non-hydrogen) atoms. The molecule has 0 radical (unpaired) electrons. The summed E-state index contributed by atoms with van der Waals surface area (Å²) in [4.78, 5) is 6.76. The summed E-state index contributed by atoms with van der Waals surface area (Å²) in [5, 5.41) is 14.4. The van der Waals surface area contributed by atoms with Crippen molar-refractivity contribution >= 4 is 28.8 Å². The smallest absolute Gasteiger partial charge is 0.249 e. The second-order valence-corrected chi connectivity index (χ2v) is 5.86. The van der Waals surface area contributed by atoms with Gasteiger partial charge in [0.05, 0.1) is 13.3 Å². The van der Waals surface area contributed by atoms with Gasteiger partial charge in [-0.05, 0) is 62.4 Å². The first-order valence-electron chi connectivity index (χ1n) is 8.94. The van der Waals surface area contributed by atoms with Crippen molar-refractivity contribution in [2.45, 2.75) is 13.8 Å². The maximum absolute atomic E-state index is 5.16. The summed E-state index contributed by atoms with van der Waals surface area (Å²) in [6.07, 6.45) is 1.59. The van der Waals surface area contributed by atoms with Gasteiger partial charge >= 0.3 is 0 Å². The van der Waals surface area contributed by atoms with Gasteiger partial charge in [-0.25, -0.2) is 0 Å². The lowest BCUT2D eigenvalue weighted by Gasteiger charge is -2.21. The number of aromatic nitrogens is 3. The fourth-order valence-electron chi connectivity index (χ4n) is 2.71. The van der Waals surface area contributed by atoms with Gasteiger partial charge in [0.2, 0.25) is 5.95 Å². The molecule has 0 spiro atoms. The van der Waals surface area contributed by atoms with Crippen LogP contribution in [0.5, 0.6) is 5.75 Å². The highest BCUT2D eigenvalue weighted by Crippen LogP contribution is 2.21. The molecule has 140 valence electrons. The first-order chi connectivity index (χ1) is 13.2. The van der Waals surface area contributed by atoms with Crippen molar-refractivity contribution in [2.75, 3.05) is 35.7 Å².